The Balaban J connectivity index is 2.21. The van der Waals surface area contributed by atoms with E-state index in [1.165, 1.54) is 12.1 Å². The van der Waals surface area contributed by atoms with Crippen LogP contribution < -0.4 is 0 Å². The normalized spacial score (nSPS) is 21.4. The first kappa shape index (κ1) is 14.9. The minimum absolute atomic E-state index is 0.0636. The molecule has 106 valence electrons. The van der Waals surface area contributed by atoms with E-state index in [2.05, 4.69) is 29.8 Å². The third kappa shape index (κ3) is 3.16. The maximum Gasteiger partial charge on any atom is 0.146 e. The van der Waals surface area contributed by atoms with Gasteiger partial charge in [0.05, 0.1) is 16.1 Å². The quantitative estimate of drug-likeness (QED) is 0.757. The van der Waals surface area contributed by atoms with E-state index in [0.29, 0.717) is 0 Å². The summed E-state index contributed by atoms with van der Waals surface area (Å²) >= 11 is 3.04. The van der Waals surface area contributed by atoms with Crippen LogP contribution in [0.2, 0.25) is 0 Å². The molecule has 4 heteroatoms. The van der Waals surface area contributed by atoms with Crippen molar-refractivity contribution in [2.45, 2.75) is 45.6 Å². The predicted molar refractivity (Wildman–Crippen MR) is 74.8 cm³/mol. The van der Waals surface area contributed by atoms with Crippen LogP contribution in [-0.4, -0.2) is 5.11 Å². The molecule has 1 fully saturated rings. The number of halogens is 3. The van der Waals surface area contributed by atoms with E-state index in [0.717, 1.165) is 25.7 Å². The van der Waals surface area contributed by atoms with E-state index in [9.17, 15) is 13.9 Å². The lowest BCUT2D eigenvalue weighted by Crippen LogP contribution is -2.26. The van der Waals surface area contributed by atoms with Crippen LogP contribution in [0, 0.1) is 23.0 Å². The zero-order chi connectivity index (χ0) is 14.2. The summed E-state index contributed by atoms with van der Waals surface area (Å²) in [6, 6.07) is 2.52. The van der Waals surface area contributed by atoms with Crippen LogP contribution in [0.3, 0.4) is 0 Å². The molecule has 2 rings (SSSR count). The summed E-state index contributed by atoms with van der Waals surface area (Å²) in [5, 5.41) is 10.3. The summed E-state index contributed by atoms with van der Waals surface area (Å²) in [7, 11) is 0. The zero-order valence-electron chi connectivity index (χ0n) is 11.2. The largest absolute Gasteiger partial charge is 0.388 e. The second-order valence-corrected chi connectivity index (χ2v) is 7.06. The van der Waals surface area contributed by atoms with Crippen LogP contribution in [0.5, 0.6) is 0 Å². The van der Waals surface area contributed by atoms with Gasteiger partial charge < -0.3 is 5.11 Å². The first-order valence-electron chi connectivity index (χ1n) is 6.63. The lowest BCUT2D eigenvalue weighted by molar-refractivity contribution is 0.0516. The Labute approximate surface area is 121 Å². The van der Waals surface area contributed by atoms with Crippen LogP contribution in [0.4, 0.5) is 8.78 Å². The van der Waals surface area contributed by atoms with Crippen LogP contribution in [0.1, 0.15) is 51.2 Å². The molecule has 0 radical (unpaired) electrons. The van der Waals surface area contributed by atoms with Crippen molar-refractivity contribution < 1.29 is 13.9 Å². The van der Waals surface area contributed by atoms with Gasteiger partial charge in [0, 0.05) is 0 Å². The first-order chi connectivity index (χ1) is 8.82. The molecule has 0 saturated heterocycles. The topological polar surface area (TPSA) is 20.2 Å². The smallest absolute Gasteiger partial charge is 0.146 e. The van der Waals surface area contributed by atoms with Gasteiger partial charge in [0.1, 0.15) is 11.6 Å². The lowest BCUT2D eigenvalue weighted by Gasteiger charge is -2.36. The van der Waals surface area contributed by atoms with Crippen LogP contribution >= 0.6 is 15.9 Å². The molecule has 0 bridgehead atoms. The van der Waals surface area contributed by atoms with E-state index in [4.69, 9.17) is 0 Å². The SMILES string of the molecule is CC1(C)CCC(C(O)c2c(F)ccc(Br)c2F)CC1. The standard InChI is InChI=1S/C15H19BrF2O/c1-15(2)7-5-9(6-8-15)14(19)12-11(17)4-3-10(16)13(12)18/h3-4,9,14,19H,5-8H2,1-2H3. The Bertz CT molecular complexity index is 463. The summed E-state index contributed by atoms with van der Waals surface area (Å²) in [6.45, 7) is 4.38. The van der Waals surface area contributed by atoms with Gasteiger partial charge in [0.25, 0.3) is 0 Å². The Morgan fingerprint density at radius 2 is 1.84 bits per heavy atom. The highest BCUT2D eigenvalue weighted by Crippen LogP contribution is 2.43. The fourth-order valence-electron chi connectivity index (χ4n) is 2.79. The van der Waals surface area contributed by atoms with E-state index >= 15 is 0 Å². The molecule has 1 unspecified atom stereocenters. The molecule has 0 aromatic heterocycles. The number of hydrogen-bond acceptors (Lipinski definition) is 1. The third-order valence-corrected chi connectivity index (χ3v) is 4.82. The lowest BCUT2D eigenvalue weighted by atomic mass is 9.71. The summed E-state index contributed by atoms with van der Waals surface area (Å²) in [4.78, 5) is 0. The molecule has 1 aromatic rings. The molecular weight excluding hydrogens is 314 g/mol. The number of benzene rings is 1. The van der Waals surface area contributed by atoms with Gasteiger partial charge in [0.15, 0.2) is 0 Å². The van der Waals surface area contributed by atoms with Crippen molar-refractivity contribution >= 4 is 15.9 Å². The van der Waals surface area contributed by atoms with Gasteiger partial charge in [-0.25, -0.2) is 8.78 Å². The number of aliphatic hydroxyl groups is 1. The van der Waals surface area contributed by atoms with Gasteiger partial charge >= 0.3 is 0 Å². The van der Waals surface area contributed by atoms with Crippen molar-refractivity contribution in [3.63, 3.8) is 0 Å². The summed E-state index contributed by atoms with van der Waals surface area (Å²) in [6.07, 6.45) is 2.51. The van der Waals surface area contributed by atoms with Gasteiger partial charge in [-0.3, -0.25) is 0 Å². The second kappa shape index (κ2) is 5.49. The fourth-order valence-corrected chi connectivity index (χ4v) is 3.13. The van der Waals surface area contributed by atoms with Crippen molar-refractivity contribution in [1.29, 1.82) is 0 Å². The summed E-state index contributed by atoms with van der Waals surface area (Å²) in [5.74, 6) is -1.42. The van der Waals surface area contributed by atoms with Gasteiger partial charge in [0.2, 0.25) is 0 Å². The first-order valence-corrected chi connectivity index (χ1v) is 7.42. The van der Waals surface area contributed by atoms with E-state index in [1.54, 1.807) is 0 Å². The molecule has 0 aliphatic heterocycles. The molecule has 19 heavy (non-hydrogen) atoms. The van der Waals surface area contributed by atoms with E-state index in [-0.39, 0.29) is 21.4 Å². The number of aliphatic hydroxyl groups excluding tert-OH is 1. The second-order valence-electron chi connectivity index (χ2n) is 6.20. The van der Waals surface area contributed by atoms with E-state index in [1.807, 2.05) is 0 Å². The van der Waals surface area contributed by atoms with Gasteiger partial charge in [-0.2, -0.15) is 0 Å². The van der Waals surface area contributed by atoms with Crippen molar-refractivity contribution in [3.8, 4) is 0 Å². The Hall–Kier alpha value is -0.480. The highest BCUT2D eigenvalue weighted by atomic mass is 79.9. The molecule has 1 saturated carbocycles. The van der Waals surface area contributed by atoms with Crippen molar-refractivity contribution in [2.75, 3.05) is 0 Å². The molecule has 1 aliphatic rings. The number of rotatable bonds is 2. The molecule has 1 nitrogen and oxygen atoms in total. The Kier molecular flexibility index (Phi) is 4.31. The predicted octanol–water partition coefficient (Wildman–Crippen LogP) is 4.98. The monoisotopic (exact) mass is 332 g/mol. The Morgan fingerprint density at radius 3 is 2.42 bits per heavy atom. The highest BCUT2D eigenvalue weighted by Gasteiger charge is 2.33. The minimum atomic E-state index is -1.06. The molecule has 1 aromatic carbocycles. The van der Waals surface area contributed by atoms with Gasteiger partial charge in [-0.15, -0.1) is 0 Å². The average Bonchev–Trinajstić information content (AvgIpc) is 2.34. The van der Waals surface area contributed by atoms with Crippen molar-refractivity contribution in [3.05, 3.63) is 33.8 Å². The van der Waals surface area contributed by atoms with Crippen LogP contribution in [0.15, 0.2) is 16.6 Å². The van der Waals surface area contributed by atoms with Crippen molar-refractivity contribution in [1.82, 2.24) is 0 Å². The van der Waals surface area contributed by atoms with Gasteiger partial charge in [-0.05, 0) is 65.1 Å². The molecule has 1 atom stereocenters. The van der Waals surface area contributed by atoms with Crippen LogP contribution in [0.25, 0.3) is 0 Å². The molecule has 1 aliphatic carbocycles. The molecular formula is C15H19BrF2O. The molecule has 0 spiro atoms. The Morgan fingerprint density at radius 1 is 1.26 bits per heavy atom. The number of hydrogen-bond donors (Lipinski definition) is 1. The molecule has 1 N–H and O–H groups in total. The highest BCUT2D eigenvalue weighted by molar-refractivity contribution is 9.10. The molecule has 0 amide bonds. The zero-order valence-corrected chi connectivity index (χ0v) is 12.8. The minimum Gasteiger partial charge on any atom is -0.388 e. The van der Waals surface area contributed by atoms with E-state index < -0.39 is 17.7 Å². The maximum absolute atomic E-state index is 14.0. The molecule has 0 heterocycles. The summed E-state index contributed by atoms with van der Waals surface area (Å²) < 4.78 is 27.9. The third-order valence-electron chi connectivity index (χ3n) is 4.21. The van der Waals surface area contributed by atoms with Gasteiger partial charge in [-0.1, -0.05) is 13.8 Å². The van der Waals surface area contributed by atoms with Crippen molar-refractivity contribution in [2.24, 2.45) is 11.3 Å². The fraction of sp³-hybridized carbons (Fsp3) is 0.600. The van der Waals surface area contributed by atoms with Crippen LogP contribution in [-0.2, 0) is 0 Å². The average molecular weight is 333 g/mol. The summed E-state index contributed by atoms with van der Waals surface area (Å²) in [5.41, 5.74) is 0.0731. The maximum atomic E-state index is 14.0.